The molecular formula is C9H13Cl2N3. The van der Waals surface area contributed by atoms with Crippen molar-refractivity contribution in [3.8, 4) is 0 Å². The molecule has 0 amide bonds. The average Bonchev–Trinajstić information content (AvgIpc) is 2.50. The molecule has 0 bridgehead atoms. The normalized spacial score (nSPS) is 9.21. The number of hydrogen-bond donors (Lipinski definition) is 2. The summed E-state index contributed by atoms with van der Waals surface area (Å²) in [5, 5.41) is 4.32. The van der Waals surface area contributed by atoms with E-state index in [0.29, 0.717) is 0 Å². The molecule has 0 radical (unpaired) electrons. The summed E-state index contributed by atoms with van der Waals surface area (Å²) in [6.45, 7) is 0.881. The van der Waals surface area contributed by atoms with E-state index >= 15 is 0 Å². The van der Waals surface area contributed by atoms with E-state index in [1.807, 2.05) is 19.3 Å². The largest absolute Gasteiger partial charge is 0.346 e. The quantitative estimate of drug-likeness (QED) is 0.835. The maximum Gasteiger partial charge on any atom is 0.137 e. The molecule has 0 saturated heterocycles. The SMILES string of the molecule is CNCc1c[nH]c2ncccc12.Cl.Cl. The van der Waals surface area contributed by atoms with Gasteiger partial charge in [0, 0.05) is 24.3 Å². The standard InChI is InChI=1S/C9H11N3.2ClH/c1-10-5-7-6-12-9-8(7)3-2-4-11-9;;/h2-4,6,10H,5H2,1H3,(H,11,12);2*1H. The lowest BCUT2D eigenvalue weighted by Gasteiger charge is -1.94. The number of rotatable bonds is 2. The van der Waals surface area contributed by atoms with E-state index in [9.17, 15) is 0 Å². The van der Waals surface area contributed by atoms with Crippen LogP contribution in [0.5, 0.6) is 0 Å². The number of H-pyrrole nitrogens is 1. The van der Waals surface area contributed by atoms with Gasteiger partial charge in [-0.1, -0.05) is 0 Å². The molecule has 0 atom stereocenters. The van der Waals surface area contributed by atoms with Gasteiger partial charge in [0.15, 0.2) is 0 Å². The molecule has 5 heteroatoms. The zero-order valence-electron chi connectivity index (χ0n) is 7.78. The van der Waals surface area contributed by atoms with Gasteiger partial charge in [-0.05, 0) is 24.7 Å². The van der Waals surface area contributed by atoms with Crippen molar-refractivity contribution in [1.29, 1.82) is 0 Å². The second-order valence-electron chi connectivity index (χ2n) is 2.74. The predicted molar refractivity (Wildman–Crippen MR) is 63.4 cm³/mol. The maximum atomic E-state index is 4.20. The van der Waals surface area contributed by atoms with Crippen LogP contribution >= 0.6 is 24.8 Å². The Morgan fingerprint density at radius 2 is 2.21 bits per heavy atom. The fourth-order valence-corrected chi connectivity index (χ4v) is 1.35. The van der Waals surface area contributed by atoms with Crippen molar-refractivity contribution in [3.05, 3.63) is 30.1 Å². The van der Waals surface area contributed by atoms with Crippen LogP contribution in [-0.2, 0) is 6.54 Å². The Bertz CT molecular complexity index is 386. The van der Waals surface area contributed by atoms with E-state index in [2.05, 4.69) is 21.4 Å². The summed E-state index contributed by atoms with van der Waals surface area (Å²) in [6.07, 6.45) is 3.79. The molecule has 0 saturated carbocycles. The summed E-state index contributed by atoms with van der Waals surface area (Å²) >= 11 is 0. The van der Waals surface area contributed by atoms with Crippen molar-refractivity contribution in [3.63, 3.8) is 0 Å². The van der Waals surface area contributed by atoms with E-state index in [-0.39, 0.29) is 24.8 Å². The fraction of sp³-hybridized carbons (Fsp3) is 0.222. The molecule has 2 rings (SSSR count). The molecular weight excluding hydrogens is 221 g/mol. The van der Waals surface area contributed by atoms with Crippen LogP contribution in [0.2, 0.25) is 0 Å². The third-order valence-corrected chi connectivity index (χ3v) is 1.90. The minimum absolute atomic E-state index is 0. The number of nitrogens with one attached hydrogen (secondary N) is 2. The highest BCUT2D eigenvalue weighted by molar-refractivity contribution is 5.85. The first-order valence-corrected chi connectivity index (χ1v) is 3.97. The van der Waals surface area contributed by atoms with Gasteiger partial charge in [0.25, 0.3) is 0 Å². The number of nitrogens with zero attached hydrogens (tertiary/aromatic N) is 1. The molecule has 78 valence electrons. The molecule has 0 aliphatic carbocycles. The maximum absolute atomic E-state index is 4.20. The van der Waals surface area contributed by atoms with Gasteiger partial charge in [-0.3, -0.25) is 0 Å². The van der Waals surface area contributed by atoms with Crippen molar-refractivity contribution < 1.29 is 0 Å². The van der Waals surface area contributed by atoms with Crippen LogP contribution in [0.1, 0.15) is 5.56 Å². The van der Waals surface area contributed by atoms with Crippen molar-refractivity contribution in [2.24, 2.45) is 0 Å². The highest BCUT2D eigenvalue weighted by Crippen LogP contribution is 2.14. The van der Waals surface area contributed by atoms with Crippen LogP contribution < -0.4 is 5.32 Å². The highest BCUT2D eigenvalue weighted by atomic mass is 35.5. The smallest absolute Gasteiger partial charge is 0.137 e. The summed E-state index contributed by atoms with van der Waals surface area (Å²) < 4.78 is 0. The van der Waals surface area contributed by atoms with E-state index < -0.39 is 0 Å². The van der Waals surface area contributed by atoms with Crippen LogP contribution in [-0.4, -0.2) is 17.0 Å². The summed E-state index contributed by atoms with van der Waals surface area (Å²) in [5.41, 5.74) is 2.23. The number of aromatic amines is 1. The van der Waals surface area contributed by atoms with Crippen LogP contribution in [0.15, 0.2) is 24.5 Å². The Morgan fingerprint density at radius 1 is 1.43 bits per heavy atom. The lowest BCUT2D eigenvalue weighted by Crippen LogP contribution is -2.03. The molecule has 2 aromatic rings. The highest BCUT2D eigenvalue weighted by Gasteiger charge is 2.00. The van der Waals surface area contributed by atoms with Crippen LogP contribution in [0.25, 0.3) is 11.0 Å². The third-order valence-electron chi connectivity index (χ3n) is 1.90. The number of hydrogen-bond acceptors (Lipinski definition) is 2. The van der Waals surface area contributed by atoms with E-state index in [0.717, 1.165) is 12.2 Å². The Kier molecular flexibility index (Phi) is 5.53. The molecule has 2 N–H and O–H groups in total. The molecule has 2 aromatic heterocycles. The predicted octanol–water partition coefficient (Wildman–Crippen LogP) is 2.13. The zero-order valence-corrected chi connectivity index (χ0v) is 9.41. The van der Waals surface area contributed by atoms with Crippen LogP contribution in [0, 0.1) is 0 Å². The number of halogens is 2. The molecule has 0 fully saturated rings. The van der Waals surface area contributed by atoms with E-state index in [1.54, 1.807) is 6.20 Å². The molecule has 2 heterocycles. The summed E-state index contributed by atoms with van der Waals surface area (Å²) in [4.78, 5) is 7.32. The molecule has 0 aliphatic heterocycles. The number of fused-ring (bicyclic) bond motifs is 1. The molecule has 3 nitrogen and oxygen atoms in total. The summed E-state index contributed by atoms with van der Waals surface area (Å²) in [7, 11) is 1.94. The minimum Gasteiger partial charge on any atom is -0.346 e. The topological polar surface area (TPSA) is 40.7 Å². The summed E-state index contributed by atoms with van der Waals surface area (Å²) in [6, 6.07) is 4.03. The summed E-state index contributed by atoms with van der Waals surface area (Å²) in [5.74, 6) is 0. The van der Waals surface area contributed by atoms with Gasteiger partial charge in [-0.2, -0.15) is 0 Å². The monoisotopic (exact) mass is 233 g/mol. The van der Waals surface area contributed by atoms with Crippen LogP contribution in [0.4, 0.5) is 0 Å². The first kappa shape index (κ1) is 13.2. The fourth-order valence-electron chi connectivity index (χ4n) is 1.35. The van der Waals surface area contributed by atoms with Crippen molar-refractivity contribution >= 4 is 35.8 Å². The Hall–Kier alpha value is -0.770. The molecule has 0 unspecified atom stereocenters. The van der Waals surface area contributed by atoms with Gasteiger partial charge >= 0.3 is 0 Å². The second-order valence-corrected chi connectivity index (χ2v) is 2.74. The first-order chi connectivity index (χ1) is 5.92. The molecule has 0 aliphatic rings. The zero-order chi connectivity index (χ0) is 8.39. The molecule has 0 aromatic carbocycles. The lowest BCUT2D eigenvalue weighted by molar-refractivity contribution is 0.823. The first-order valence-electron chi connectivity index (χ1n) is 3.97. The third kappa shape index (κ3) is 2.38. The second kappa shape index (κ2) is 5.86. The Balaban J connectivity index is 0.000000845. The number of pyridine rings is 1. The van der Waals surface area contributed by atoms with Crippen molar-refractivity contribution in [2.75, 3.05) is 7.05 Å². The Labute approximate surface area is 95.1 Å². The lowest BCUT2D eigenvalue weighted by atomic mass is 10.2. The van der Waals surface area contributed by atoms with Gasteiger partial charge in [-0.15, -0.1) is 24.8 Å². The van der Waals surface area contributed by atoms with Gasteiger partial charge < -0.3 is 10.3 Å². The van der Waals surface area contributed by atoms with Gasteiger partial charge in [0.05, 0.1) is 0 Å². The number of aromatic nitrogens is 2. The van der Waals surface area contributed by atoms with Crippen molar-refractivity contribution in [1.82, 2.24) is 15.3 Å². The minimum atomic E-state index is 0. The van der Waals surface area contributed by atoms with Gasteiger partial charge in [0.2, 0.25) is 0 Å². The van der Waals surface area contributed by atoms with E-state index in [4.69, 9.17) is 0 Å². The average molecular weight is 234 g/mol. The van der Waals surface area contributed by atoms with Crippen LogP contribution in [0.3, 0.4) is 0 Å². The van der Waals surface area contributed by atoms with Crippen molar-refractivity contribution in [2.45, 2.75) is 6.54 Å². The van der Waals surface area contributed by atoms with E-state index in [1.165, 1.54) is 10.9 Å². The molecule has 14 heavy (non-hydrogen) atoms. The Morgan fingerprint density at radius 3 is 2.93 bits per heavy atom. The van der Waals surface area contributed by atoms with Gasteiger partial charge in [-0.25, -0.2) is 4.98 Å². The molecule has 0 spiro atoms. The van der Waals surface area contributed by atoms with Gasteiger partial charge in [0.1, 0.15) is 5.65 Å².